The van der Waals surface area contributed by atoms with Crippen molar-refractivity contribution in [1.29, 1.82) is 0 Å². The minimum Gasteiger partial charge on any atom is -0.514 e. The Balaban J connectivity index is 3.99. The molecule has 0 aliphatic heterocycles. The molecule has 0 heterocycles. The first kappa shape index (κ1) is 11.0. The van der Waals surface area contributed by atoms with Gasteiger partial charge in [0, 0.05) is 5.92 Å². The van der Waals surface area contributed by atoms with Crippen molar-refractivity contribution in [2.45, 2.75) is 33.6 Å². The van der Waals surface area contributed by atoms with Crippen LogP contribution in [0, 0.1) is 5.92 Å². The third kappa shape index (κ3) is 3.42. The van der Waals surface area contributed by atoms with Crippen LogP contribution in [0.25, 0.3) is 0 Å². The summed E-state index contributed by atoms with van der Waals surface area (Å²) < 4.78 is 0. The molecule has 0 radical (unpaired) electrons. The largest absolute Gasteiger partial charge is 0.514 e. The van der Waals surface area contributed by atoms with Crippen LogP contribution in [0.2, 0.25) is 0 Å². The lowest BCUT2D eigenvalue weighted by Crippen LogP contribution is -2.28. The van der Waals surface area contributed by atoms with E-state index in [1.165, 1.54) is 0 Å². The molecule has 70 valence electrons. The van der Waals surface area contributed by atoms with E-state index in [1.807, 2.05) is 20.8 Å². The molecule has 0 saturated carbocycles. The first-order valence-corrected chi connectivity index (χ1v) is 4.29. The lowest BCUT2D eigenvalue weighted by atomic mass is 10.1. The van der Waals surface area contributed by atoms with Gasteiger partial charge in [-0.1, -0.05) is 20.8 Å². The molecule has 2 N–H and O–H groups in total. The van der Waals surface area contributed by atoms with E-state index in [4.69, 9.17) is 5.11 Å². The Morgan fingerprint density at radius 1 is 1.58 bits per heavy atom. The molecule has 1 atom stereocenters. The number of carbonyl (C=O) groups is 1. The van der Waals surface area contributed by atoms with Crippen LogP contribution in [-0.4, -0.2) is 11.0 Å². The minimum atomic E-state index is -0.0281. The average Bonchev–Trinajstić information content (AvgIpc) is 2.12. The Morgan fingerprint density at radius 2 is 2.17 bits per heavy atom. The number of hydrogen-bond acceptors (Lipinski definition) is 2. The predicted molar refractivity (Wildman–Crippen MR) is 48.6 cm³/mol. The Bertz CT molecular complexity index is 175. The molecule has 1 amide bonds. The highest BCUT2D eigenvalue weighted by atomic mass is 16.2. The maximum absolute atomic E-state index is 11.2. The van der Waals surface area contributed by atoms with Gasteiger partial charge in [0.2, 0.25) is 5.91 Å². The predicted octanol–water partition coefficient (Wildman–Crippen LogP) is 1.96. The van der Waals surface area contributed by atoms with Gasteiger partial charge in [-0.05, 0) is 12.8 Å². The molecule has 0 bridgehead atoms. The molecular formula is C9H17NO2. The Morgan fingerprint density at radius 3 is 2.50 bits per heavy atom. The topological polar surface area (TPSA) is 49.3 Å². The van der Waals surface area contributed by atoms with Crippen LogP contribution in [0.3, 0.4) is 0 Å². The van der Waals surface area contributed by atoms with Crippen LogP contribution in [-0.2, 0) is 4.79 Å². The zero-order chi connectivity index (χ0) is 9.56. The number of hydrogen-bond donors (Lipinski definition) is 2. The zero-order valence-corrected chi connectivity index (χ0v) is 7.92. The van der Waals surface area contributed by atoms with Crippen molar-refractivity contribution in [3.63, 3.8) is 0 Å². The molecule has 0 aliphatic rings. The summed E-state index contributed by atoms with van der Waals surface area (Å²) >= 11 is 0. The molecule has 0 fully saturated rings. The van der Waals surface area contributed by atoms with Crippen LogP contribution >= 0.6 is 0 Å². The molecule has 0 rings (SSSR count). The van der Waals surface area contributed by atoms with Gasteiger partial charge in [-0.15, -0.1) is 0 Å². The molecular weight excluding hydrogens is 154 g/mol. The first-order chi connectivity index (χ1) is 5.65. The molecule has 3 nitrogen and oxygen atoms in total. The fourth-order valence-corrected chi connectivity index (χ4v) is 0.679. The molecule has 0 spiro atoms. The minimum absolute atomic E-state index is 0.00602. The van der Waals surface area contributed by atoms with Gasteiger partial charge in [0.25, 0.3) is 0 Å². The fourth-order valence-electron chi connectivity index (χ4n) is 0.679. The maximum Gasteiger partial charge on any atom is 0.227 e. The van der Waals surface area contributed by atoms with Crippen LogP contribution in [0.15, 0.2) is 12.0 Å². The first-order valence-electron chi connectivity index (χ1n) is 4.29. The van der Waals surface area contributed by atoms with Crippen molar-refractivity contribution in [2.75, 3.05) is 0 Å². The van der Waals surface area contributed by atoms with Crippen LogP contribution < -0.4 is 5.32 Å². The highest BCUT2D eigenvalue weighted by Crippen LogP contribution is 2.02. The molecule has 0 aliphatic carbocycles. The second-order valence-corrected chi connectivity index (χ2v) is 2.81. The lowest BCUT2D eigenvalue weighted by molar-refractivity contribution is -0.123. The number of amides is 1. The van der Waals surface area contributed by atoms with Gasteiger partial charge in [0.05, 0.1) is 12.0 Å². The third-order valence-electron chi connectivity index (χ3n) is 1.88. The van der Waals surface area contributed by atoms with E-state index in [9.17, 15) is 4.79 Å². The number of aliphatic hydroxyl groups excluding tert-OH is 1. The van der Waals surface area contributed by atoms with Crippen LogP contribution in [0.4, 0.5) is 0 Å². The van der Waals surface area contributed by atoms with Crippen LogP contribution in [0.5, 0.6) is 0 Å². The van der Waals surface area contributed by atoms with E-state index >= 15 is 0 Å². The summed E-state index contributed by atoms with van der Waals surface area (Å²) in [5, 5.41) is 11.3. The number of carbonyl (C=O) groups excluding carboxylic acids is 1. The highest BCUT2D eigenvalue weighted by Gasteiger charge is 2.10. The SMILES string of the molecule is CCC(=CO)NC(=O)C(C)CC. The van der Waals surface area contributed by atoms with E-state index < -0.39 is 0 Å². The van der Waals surface area contributed by atoms with Crippen LogP contribution in [0.1, 0.15) is 33.6 Å². The Labute approximate surface area is 73.5 Å². The van der Waals surface area contributed by atoms with Crippen molar-refractivity contribution in [2.24, 2.45) is 5.92 Å². The zero-order valence-electron chi connectivity index (χ0n) is 7.92. The summed E-state index contributed by atoms with van der Waals surface area (Å²) in [6.45, 7) is 5.69. The van der Waals surface area contributed by atoms with Crippen molar-refractivity contribution >= 4 is 5.91 Å². The van der Waals surface area contributed by atoms with Gasteiger partial charge >= 0.3 is 0 Å². The lowest BCUT2D eigenvalue weighted by Gasteiger charge is -2.10. The summed E-state index contributed by atoms with van der Waals surface area (Å²) in [7, 11) is 0. The van der Waals surface area contributed by atoms with E-state index in [1.54, 1.807) is 0 Å². The molecule has 0 aromatic carbocycles. The summed E-state index contributed by atoms with van der Waals surface area (Å²) in [6, 6.07) is 0. The fraction of sp³-hybridized carbons (Fsp3) is 0.667. The van der Waals surface area contributed by atoms with Gasteiger partial charge in [-0.3, -0.25) is 4.79 Å². The third-order valence-corrected chi connectivity index (χ3v) is 1.88. The average molecular weight is 171 g/mol. The number of allylic oxidation sites excluding steroid dienone is 1. The van der Waals surface area contributed by atoms with E-state index in [0.29, 0.717) is 12.1 Å². The smallest absolute Gasteiger partial charge is 0.227 e. The van der Waals surface area contributed by atoms with Crippen molar-refractivity contribution < 1.29 is 9.90 Å². The summed E-state index contributed by atoms with van der Waals surface area (Å²) in [5.74, 6) is -0.0221. The second-order valence-electron chi connectivity index (χ2n) is 2.81. The molecule has 0 aromatic heterocycles. The monoisotopic (exact) mass is 171 g/mol. The second kappa shape index (κ2) is 5.63. The van der Waals surface area contributed by atoms with Gasteiger partial charge in [-0.2, -0.15) is 0 Å². The Kier molecular flexibility index (Phi) is 5.17. The Hall–Kier alpha value is -0.990. The molecule has 0 aromatic rings. The summed E-state index contributed by atoms with van der Waals surface area (Å²) in [4.78, 5) is 11.2. The normalized spacial score (nSPS) is 14.1. The van der Waals surface area contributed by atoms with Crippen molar-refractivity contribution in [1.82, 2.24) is 5.32 Å². The molecule has 3 heteroatoms. The molecule has 12 heavy (non-hydrogen) atoms. The molecule has 0 saturated heterocycles. The molecule has 1 unspecified atom stereocenters. The number of aliphatic hydroxyl groups is 1. The summed E-state index contributed by atoms with van der Waals surface area (Å²) in [6.07, 6.45) is 2.40. The maximum atomic E-state index is 11.2. The van der Waals surface area contributed by atoms with Gasteiger partial charge in [0.15, 0.2) is 0 Å². The number of nitrogens with one attached hydrogen (secondary N) is 1. The van der Waals surface area contributed by atoms with E-state index in [-0.39, 0.29) is 11.8 Å². The van der Waals surface area contributed by atoms with Gasteiger partial charge in [-0.25, -0.2) is 0 Å². The van der Waals surface area contributed by atoms with E-state index in [0.717, 1.165) is 12.7 Å². The van der Waals surface area contributed by atoms with Gasteiger partial charge in [0.1, 0.15) is 0 Å². The standard InChI is InChI=1S/C9H17NO2/c1-4-7(3)9(12)10-8(5-2)6-11/h6-7,11H,4-5H2,1-3H3,(H,10,12). The van der Waals surface area contributed by atoms with Crippen molar-refractivity contribution in [3.8, 4) is 0 Å². The number of rotatable bonds is 4. The quantitative estimate of drug-likeness (QED) is 0.635. The highest BCUT2D eigenvalue weighted by molar-refractivity contribution is 5.79. The van der Waals surface area contributed by atoms with E-state index in [2.05, 4.69) is 5.32 Å². The van der Waals surface area contributed by atoms with Crippen molar-refractivity contribution in [3.05, 3.63) is 12.0 Å². The summed E-state index contributed by atoms with van der Waals surface area (Å²) in [5.41, 5.74) is 0.570. The van der Waals surface area contributed by atoms with Gasteiger partial charge < -0.3 is 10.4 Å².